The summed E-state index contributed by atoms with van der Waals surface area (Å²) in [4.78, 5) is 36.1. The fourth-order valence-corrected chi connectivity index (χ4v) is 8.01. The molecule has 44 heavy (non-hydrogen) atoms. The number of aromatic amines is 1. The molecule has 11 nitrogen and oxygen atoms in total. The van der Waals surface area contributed by atoms with Crippen LogP contribution in [0.2, 0.25) is 25.7 Å². The predicted octanol–water partition coefficient (Wildman–Crippen LogP) is 6.18. The van der Waals surface area contributed by atoms with Gasteiger partial charge in [0.25, 0.3) is 0 Å². The quantitative estimate of drug-likeness (QED) is 0.114. The number of rotatable bonds is 11. The topological polar surface area (TPSA) is 134 Å². The van der Waals surface area contributed by atoms with Crippen molar-refractivity contribution in [3.8, 4) is 21.4 Å². The van der Waals surface area contributed by atoms with Gasteiger partial charge in [-0.2, -0.15) is 10.2 Å². The normalized spacial score (nSPS) is 13.8. The number of aromatic nitrogens is 6. The third-order valence-electron chi connectivity index (χ3n) is 7.22. The van der Waals surface area contributed by atoms with Gasteiger partial charge in [-0.15, -0.1) is 22.7 Å². The van der Waals surface area contributed by atoms with E-state index in [9.17, 15) is 9.59 Å². The molecule has 0 spiro atoms. The molecule has 4 heterocycles. The third-order valence-corrected chi connectivity index (χ3v) is 11.3. The van der Waals surface area contributed by atoms with Crippen molar-refractivity contribution < 1.29 is 23.8 Å². The number of hydrogen-bond acceptors (Lipinski definition) is 11. The molecule has 236 valence electrons. The standard InChI is InChI=1S/C18H27N3O3SSi.C12H13N3O2S/c1-5-24-18(22)13-11-21(12-23-9-10-26(2,3)4)20-16(13)17-19-14-7-6-8-15(14)25-17;1-2-17-12(16)7-6-13-15-10(7)11-14-8-4-3-5-9(8)18-11/h11H,5-10,12H2,1-4H3;6H,2-5H2,1H3,(H,13,15). The van der Waals surface area contributed by atoms with E-state index in [1.165, 1.54) is 34.5 Å². The Labute approximate surface area is 266 Å². The SMILES string of the molecule is CCOC(=O)c1cn(COCC[Si](C)(C)C)nc1-c1nc2c(s1)CCC2.CCOC(=O)c1cn[nH]c1-c1nc2c(s1)CCC2. The molecule has 2 aliphatic rings. The molecule has 4 aromatic heterocycles. The molecule has 6 rings (SSSR count). The van der Waals surface area contributed by atoms with Crippen LogP contribution in [-0.4, -0.2) is 69.8 Å². The van der Waals surface area contributed by atoms with E-state index in [1.54, 1.807) is 47.4 Å². The number of esters is 2. The minimum atomic E-state index is -1.12. The lowest BCUT2D eigenvalue weighted by molar-refractivity contribution is 0.0516. The van der Waals surface area contributed by atoms with Crippen LogP contribution in [0, 0.1) is 0 Å². The first-order valence-corrected chi connectivity index (χ1v) is 20.5. The molecule has 0 aliphatic heterocycles. The van der Waals surface area contributed by atoms with E-state index < -0.39 is 8.07 Å². The van der Waals surface area contributed by atoms with Crippen molar-refractivity contribution in [3.05, 3.63) is 44.7 Å². The number of ether oxygens (including phenoxy) is 3. The molecule has 0 saturated carbocycles. The molecular formula is C30H40N6O5S2Si. The number of fused-ring (bicyclic) bond motifs is 2. The first-order valence-electron chi connectivity index (χ1n) is 15.2. The largest absolute Gasteiger partial charge is 0.462 e. The predicted molar refractivity (Wildman–Crippen MR) is 173 cm³/mol. The molecule has 1 N–H and O–H groups in total. The number of nitrogens with zero attached hydrogens (tertiary/aromatic N) is 5. The summed E-state index contributed by atoms with van der Waals surface area (Å²) in [6.45, 7) is 12.3. The van der Waals surface area contributed by atoms with E-state index in [2.05, 4.69) is 39.9 Å². The summed E-state index contributed by atoms with van der Waals surface area (Å²) in [6, 6.07) is 1.10. The second-order valence-electron chi connectivity index (χ2n) is 11.9. The van der Waals surface area contributed by atoms with Crippen LogP contribution in [0.4, 0.5) is 0 Å². The Hall–Kier alpha value is -3.20. The summed E-state index contributed by atoms with van der Waals surface area (Å²) < 4.78 is 17.6. The second-order valence-corrected chi connectivity index (χ2v) is 19.7. The average molecular weight is 657 g/mol. The smallest absolute Gasteiger partial charge is 0.342 e. The first-order chi connectivity index (χ1) is 21.2. The lowest BCUT2D eigenvalue weighted by atomic mass is 10.2. The van der Waals surface area contributed by atoms with Crippen LogP contribution in [0.25, 0.3) is 21.4 Å². The number of H-pyrrole nitrogens is 1. The Kier molecular flexibility index (Phi) is 10.4. The number of nitrogens with one attached hydrogen (secondary N) is 1. The Balaban J connectivity index is 0.000000186. The van der Waals surface area contributed by atoms with E-state index >= 15 is 0 Å². The molecule has 0 aromatic carbocycles. The fraction of sp³-hybridized carbons (Fsp3) is 0.533. The summed E-state index contributed by atoms with van der Waals surface area (Å²) >= 11 is 3.28. The Morgan fingerprint density at radius 1 is 0.909 bits per heavy atom. The summed E-state index contributed by atoms with van der Waals surface area (Å²) in [5.74, 6) is -0.706. The van der Waals surface area contributed by atoms with Gasteiger partial charge in [-0.3, -0.25) is 5.10 Å². The van der Waals surface area contributed by atoms with Crippen LogP contribution in [0.3, 0.4) is 0 Å². The number of aryl methyl sites for hydroxylation is 4. The summed E-state index contributed by atoms with van der Waals surface area (Å²) in [5, 5.41) is 13.0. The van der Waals surface area contributed by atoms with Crippen molar-refractivity contribution >= 4 is 42.7 Å². The zero-order valence-corrected chi connectivity index (χ0v) is 28.7. The fourth-order valence-electron chi connectivity index (χ4n) is 4.94. The highest BCUT2D eigenvalue weighted by atomic mass is 32.1. The molecule has 0 saturated heterocycles. The maximum Gasteiger partial charge on any atom is 0.342 e. The maximum atomic E-state index is 12.4. The lowest BCUT2D eigenvalue weighted by Gasteiger charge is -2.15. The number of carbonyl (C=O) groups is 2. The molecule has 0 radical (unpaired) electrons. The third kappa shape index (κ3) is 7.71. The highest BCUT2D eigenvalue weighted by molar-refractivity contribution is 7.15. The van der Waals surface area contributed by atoms with Gasteiger partial charge in [0, 0.05) is 30.6 Å². The molecule has 4 aromatic rings. The van der Waals surface area contributed by atoms with Gasteiger partial charge in [-0.05, 0) is 58.4 Å². The molecule has 14 heteroatoms. The van der Waals surface area contributed by atoms with Crippen LogP contribution >= 0.6 is 22.7 Å². The Morgan fingerprint density at radius 2 is 1.52 bits per heavy atom. The van der Waals surface area contributed by atoms with Crippen LogP contribution in [0.15, 0.2) is 12.4 Å². The van der Waals surface area contributed by atoms with Crippen molar-refractivity contribution in [2.75, 3.05) is 19.8 Å². The highest BCUT2D eigenvalue weighted by Gasteiger charge is 2.25. The van der Waals surface area contributed by atoms with Gasteiger partial charge in [0.15, 0.2) is 0 Å². The maximum absolute atomic E-state index is 12.4. The minimum absolute atomic E-state index is 0.335. The van der Waals surface area contributed by atoms with E-state index in [4.69, 9.17) is 19.2 Å². The van der Waals surface area contributed by atoms with Gasteiger partial charge >= 0.3 is 11.9 Å². The Morgan fingerprint density at radius 3 is 2.14 bits per heavy atom. The summed E-state index contributed by atoms with van der Waals surface area (Å²) in [7, 11) is -1.12. The zero-order valence-electron chi connectivity index (χ0n) is 26.0. The molecule has 0 fully saturated rings. The molecule has 0 amide bonds. The van der Waals surface area contributed by atoms with Gasteiger partial charge in [0.2, 0.25) is 0 Å². The second kappa shape index (κ2) is 14.3. The van der Waals surface area contributed by atoms with Crippen molar-refractivity contribution in [1.29, 1.82) is 0 Å². The van der Waals surface area contributed by atoms with Gasteiger partial charge in [0.1, 0.15) is 39.3 Å². The van der Waals surface area contributed by atoms with Crippen LogP contribution in [0.5, 0.6) is 0 Å². The van der Waals surface area contributed by atoms with Crippen LogP contribution < -0.4 is 0 Å². The molecular weight excluding hydrogens is 617 g/mol. The summed E-state index contributed by atoms with van der Waals surface area (Å²) in [5.41, 5.74) is 4.53. The van der Waals surface area contributed by atoms with Crippen molar-refractivity contribution in [3.63, 3.8) is 0 Å². The average Bonchev–Trinajstić information content (AvgIpc) is 3.79. The minimum Gasteiger partial charge on any atom is -0.462 e. The van der Waals surface area contributed by atoms with Crippen LogP contribution in [0.1, 0.15) is 68.5 Å². The lowest BCUT2D eigenvalue weighted by Crippen LogP contribution is -2.22. The monoisotopic (exact) mass is 656 g/mol. The van der Waals surface area contributed by atoms with Crippen molar-refractivity contribution in [1.82, 2.24) is 29.9 Å². The van der Waals surface area contributed by atoms with Crippen molar-refractivity contribution in [2.24, 2.45) is 0 Å². The van der Waals surface area contributed by atoms with E-state index in [0.29, 0.717) is 49.1 Å². The van der Waals surface area contributed by atoms with Gasteiger partial charge in [-0.1, -0.05) is 19.6 Å². The molecule has 2 aliphatic carbocycles. The van der Waals surface area contributed by atoms with E-state index in [1.807, 2.05) is 0 Å². The van der Waals surface area contributed by atoms with Crippen molar-refractivity contribution in [2.45, 2.75) is 84.8 Å². The zero-order chi connectivity index (χ0) is 31.3. The number of carbonyl (C=O) groups excluding carboxylic acids is 2. The first kappa shape index (κ1) is 32.2. The van der Waals surface area contributed by atoms with E-state index in [-0.39, 0.29) is 11.9 Å². The molecule has 0 unspecified atom stereocenters. The highest BCUT2D eigenvalue weighted by Crippen LogP contribution is 2.35. The summed E-state index contributed by atoms with van der Waals surface area (Å²) in [6.07, 6.45) is 9.78. The van der Waals surface area contributed by atoms with E-state index in [0.717, 1.165) is 47.4 Å². The number of hydrogen-bond donors (Lipinski definition) is 1. The van der Waals surface area contributed by atoms with Gasteiger partial charge in [0.05, 0.1) is 30.8 Å². The van der Waals surface area contributed by atoms with Crippen LogP contribution in [-0.2, 0) is 46.6 Å². The Bertz CT molecular complexity index is 1560. The van der Waals surface area contributed by atoms with Gasteiger partial charge < -0.3 is 14.2 Å². The molecule has 0 atom stereocenters. The van der Waals surface area contributed by atoms with Gasteiger partial charge in [-0.25, -0.2) is 24.2 Å². The molecule has 0 bridgehead atoms. The number of thiazole rings is 2.